The number of halogens is 1. The summed E-state index contributed by atoms with van der Waals surface area (Å²) in [6.45, 7) is -0.0359. The van der Waals surface area contributed by atoms with Crippen molar-refractivity contribution in [1.29, 1.82) is 0 Å². The van der Waals surface area contributed by atoms with E-state index in [0.717, 1.165) is 5.52 Å². The highest BCUT2D eigenvalue weighted by Crippen LogP contribution is 2.17. The molecule has 0 spiro atoms. The third-order valence-corrected chi connectivity index (χ3v) is 2.87. The smallest absolute Gasteiger partial charge is 0.374 e. The first-order chi connectivity index (χ1) is 9.22. The molecule has 3 aromatic rings. The maximum atomic E-state index is 11.6. The normalized spacial score (nSPS) is 10.8. The Morgan fingerprint density at radius 1 is 1.21 bits per heavy atom. The zero-order valence-electron chi connectivity index (χ0n) is 9.63. The number of para-hydroxylation sites is 2. The Morgan fingerprint density at radius 2 is 2.05 bits per heavy atom. The molecule has 0 aliphatic carbocycles. The summed E-state index contributed by atoms with van der Waals surface area (Å²) in [6.07, 6.45) is 0. The van der Waals surface area contributed by atoms with Crippen LogP contribution in [0.4, 0.5) is 0 Å². The van der Waals surface area contributed by atoms with Gasteiger partial charge in [0.05, 0.1) is 0 Å². The molecule has 5 nitrogen and oxygen atoms in total. The summed E-state index contributed by atoms with van der Waals surface area (Å²) in [5.74, 6) is -0.0869. The fraction of sp³-hybridized carbons (Fsp3) is 0.0769. The first-order valence-electron chi connectivity index (χ1n) is 5.49. The molecule has 0 radical (unpaired) electrons. The van der Waals surface area contributed by atoms with Gasteiger partial charge < -0.3 is 13.6 Å². The topological polar surface area (TPSA) is 65.5 Å². The van der Waals surface area contributed by atoms with Crippen LogP contribution in [-0.4, -0.2) is 11.0 Å². The molecule has 0 N–H and O–H groups in total. The molecule has 0 saturated carbocycles. The van der Waals surface area contributed by atoms with Crippen LogP contribution in [0.5, 0.6) is 0 Å². The van der Waals surface area contributed by atoms with Crippen molar-refractivity contribution < 1.29 is 18.4 Å². The summed E-state index contributed by atoms with van der Waals surface area (Å²) in [5.41, 5.74) is 1.39. The van der Waals surface area contributed by atoms with E-state index in [2.05, 4.69) is 20.9 Å². The fourth-order valence-corrected chi connectivity index (χ4v) is 1.91. The Morgan fingerprint density at radius 3 is 2.79 bits per heavy atom. The average Bonchev–Trinajstić information content (AvgIpc) is 3.01. The van der Waals surface area contributed by atoms with Gasteiger partial charge in [-0.2, -0.15) is 0 Å². The van der Waals surface area contributed by atoms with Crippen LogP contribution >= 0.6 is 15.9 Å². The van der Waals surface area contributed by atoms with Crippen molar-refractivity contribution in [2.75, 3.05) is 0 Å². The van der Waals surface area contributed by atoms with Gasteiger partial charge in [0.15, 0.2) is 16.9 Å². The van der Waals surface area contributed by atoms with Crippen LogP contribution in [0.1, 0.15) is 16.4 Å². The maximum Gasteiger partial charge on any atom is 0.374 e. The van der Waals surface area contributed by atoms with Gasteiger partial charge in [-0.1, -0.05) is 12.1 Å². The Kier molecular flexibility index (Phi) is 3.08. The van der Waals surface area contributed by atoms with E-state index in [0.29, 0.717) is 16.1 Å². The minimum atomic E-state index is -0.562. The monoisotopic (exact) mass is 321 g/mol. The van der Waals surface area contributed by atoms with Gasteiger partial charge in [-0.05, 0) is 40.2 Å². The predicted octanol–water partition coefficient (Wildman–Crippen LogP) is 3.54. The zero-order chi connectivity index (χ0) is 13.2. The number of ether oxygens (including phenoxy) is 1. The lowest BCUT2D eigenvalue weighted by Gasteiger charge is -1.98. The molecule has 0 amide bonds. The second-order valence-electron chi connectivity index (χ2n) is 3.76. The number of rotatable bonds is 3. The van der Waals surface area contributed by atoms with E-state index >= 15 is 0 Å². The van der Waals surface area contributed by atoms with Gasteiger partial charge in [0.25, 0.3) is 0 Å². The molecule has 19 heavy (non-hydrogen) atoms. The summed E-state index contributed by atoms with van der Waals surface area (Å²) in [6, 6.07) is 10.5. The van der Waals surface area contributed by atoms with Crippen molar-refractivity contribution in [3.8, 4) is 0 Å². The largest absolute Gasteiger partial charge is 0.450 e. The highest BCUT2D eigenvalue weighted by Gasteiger charge is 2.14. The number of carbonyl (C=O) groups is 1. The third-order valence-electron chi connectivity index (χ3n) is 2.44. The molecule has 0 fully saturated rings. The molecule has 0 unspecified atom stereocenters. The molecule has 0 atom stereocenters. The van der Waals surface area contributed by atoms with Gasteiger partial charge in [-0.3, -0.25) is 0 Å². The van der Waals surface area contributed by atoms with Gasteiger partial charge in [-0.25, -0.2) is 9.78 Å². The van der Waals surface area contributed by atoms with E-state index < -0.39 is 5.97 Å². The number of oxazole rings is 1. The summed E-state index contributed by atoms with van der Waals surface area (Å²) < 4.78 is 16.0. The number of hydrogen-bond acceptors (Lipinski definition) is 5. The average molecular weight is 322 g/mol. The molecule has 0 aliphatic rings. The highest BCUT2D eigenvalue weighted by molar-refractivity contribution is 9.10. The summed E-state index contributed by atoms with van der Waals surface area (Å²) >= 11 is 3.11. The summed E-state index contributed by atoms with van der Waals surface area (Å²) in [7, 11) is 0. The van der Waals surface area contributed by atoms with Crippen LogP contribution in [0, 0.1) is 0 Å². The first kappa shape index (κ1) is 12.0. The lowest BCUT2D eigenvalue weighted by Crippen LogP contribution is -2.03. The van der Waals surface area contributed by atoms with Crippen molar-refractivity contribution in [3.05, 3.63) is 52.7 Å². The number of hydrogen-bond donors (Lipinski definition) is 0. The van der Waals surface area contributed by atoms with Crippen LogP contribution in [0.25, 0.3) is 11.1 Å². The molecule has 0 bridgehead atoms. The molecule has 0 aliphatic heterocycles. The van der Waals surface area contributed by atoms with Gasteiger partial charge in [0.1, 0.15) is 5.52 Å². The van der Waals surface area contributed by atoms with Crippen molar-refractivity contribution in [2.24, 2.45) is 0 Å². The summed E-state index contributed by atoms with van der Waals surface area (Å²) in [5, 5.41) is 0. The Bertz CT molecular complexity index is 698. The quantitative estimate of drug-likeness (QED) is 0.690. The molecule has 96 valence electrons. The number of furan rings is 1. The number of esters is 1. The number of fused-ring (bicyclic) bond motifs is 1. The minimum Gasteiger partial charge on any atom is -0.450 e. The second kappa shape index (κ2) is 4.89. The fourth-order valence-electron chi connectivity index (χ4n) is 1.60. The number of aromatic nitrogens is 1. The Hall–Kier alpha value is -2.08. The van der Waals surface area contributed by atoms with E-state index in [1.54, 1.807) is 12.1 Å². The Labute approximate surface area is 116 Å². The summed E-state index contributed by atoms with van der Waals surface area (Å²) in [4.78, 5) is 15.8. The number of carbonyl (C=O) groups excluding carboxylic acids is 1. The van der Waals surface area contributed by atoms with Gasteiger partial charge in [-0.15, -0.1) is 0 Å². The lowest BCUT2D eigenvalue weighted by atomic mass is 10.3. The minimum absolute atomic E-state index is 0.0359. The first-order valence-corrected chi connectivity index (χ1v) is 6.28. The zero-order valence-corrected chi connectivity index (χ0v) is 11.2. The van der Waals surface area contributed by atoms with Crippen LogP contribution in [0.15, 0.2) is 49.9 Å². The number of nitrogens with zero attached hydrogens (tertiary/aromatic N) is 1. The van der Waals surface area contributed by atoms with Crippen LogP contribution in [0.2, 0.25) is 0 Å². The third kappa shape index (κ3) is 2.53. The van der Waals surface area contributed by atoms with Gasteiger partial charge >= 0.3 is 5.97 Å². The van der Waals surface area contributed by atoms with Gasteiger partial charge in [0, 0.05) is 0 Å². The van der Waals surface area contributed by atoms with Crippen molar-refractivity contribution >= 4 is 33.0 Å². The molecule has 1 aromatic carbocycles. The highest BCUT2D eigenvalue weighted by atomic mass is 79.9. The van der Waals surface area contributed by atoms with Crippen molar-refractivity contribution in [1.82, 2.24) is 4.98 Å². The SMILES string of the molecule is O=C(OCc1nc2ccccc2o1)c1ccc(Br)o1. The van der Waals surface area contributed by atoms with Crippen molar-refractivity contribution in [2.45, 2.75) is 6.61 Å². The Balaban J connectivity index is 1.70. The molecular formula is C13H8BrNO4. The standard InChI is InChI=1S/C13H8BrNO4/c14-11-6-5-10(18-11)13(16)17-7-12-15-8-3-1-2-4-9(8)19-12/h1-6H,7H2. The van der Waals surface area contributed by atoms with Crippen LogP contribution < -0.4 is 0 Å². The molecule has 2 aromatic heterocycles. The molecule has 3 rings (SSSR count). The second-order valence-corrected chi connectivity index (χ2v) is 4.54. The maximum absolute atomic E-state index is 11.6. The van der Waals surface area contributed by atoms with Crippen molar-refractivity contribution in [3.63, 3.8) is 0 Å². The molecule has 6 heteroatoms. The lowest BCUT2D eigenvalue weighted by molar-refractivity contribution is 0.0402. The van der Waals surface area contributed by atoms with E-state index in [4.69, 9.17) is 13.6 Å². The van der Waals surface area contributed by atoms with E-state index in [-0.39, 0.29) is 12.4 Å². The van der Waals surface area contributed by atoms with E-state index in [1.165, 1.54) is 6.07 Å². The van der Waals surface area contributed by atoms with Crippen LogP contribution in [-0.2, 0) is 11.3 Å². The van der Waals surface area contributed by atoms with Crippen LogP contribution in [0.3, 0.4) is 0 Å². The van der Waals surface area contributed by atoms with E-state index in [1.807, 2.05) is 18.2 Å². The van der Waals surface area contributed by atoms with E-state index in [9.17, 15) is 4.79 Å². The predicted molar refractivity (Wildman–Crippen MR) is 69.5 cm³/mol. The number of benzene rings is 1. The van der Waals surface area contributed by atoms with Gasteiger partial charge in [0.2, 0.25) is 11.7 Å². The molecule has 2 heterocycles. The molecule has 0 saturated heterocycles. The molecular weight excluding hydrogens is 314 g/mol.